The Kier molecular flexibility index (Phi) is 9.01. The monoisotopic (exact) mass is 239 g/mol. The molecule has 2 N–H and O–H groups in total. The second kappa shape index (κ2) is 9.81. The van der Waals surface area contributed by atoms with Crippen LogP contribution in [0.15, 0.2) is 24.3 Å². The molecule has 0 aliphatic heterocycles. The van der Waals surface area contributed by atoms with Crippen molar-refractivity contribution in [2.45, 2.75) is 27.1 Å². The fourth-order valence-corrected chi connectivity index (χ4v) is 1.14. The van der Waals surface area contributed by atoms with Gasteiger partial charge in [-0.15, -0.1) is 0 Å². The number of carbonyl (C=O) groups is 1. The van der Waals surface area contributed by atoms with Crippen molar-refractivity contribution in [1.82, 2.24) is 0 Å². The van der Waals surface area contributed by atoms with E-state index < -0.39 is 0 Å². The highest BCUT2D eigenvalue weighted by molar-refractivity contribution is 5.82. The van der Waals surface area contributed by atoms with Crippen LogP contribution in [0.25, 0.3) is 0 Å². The van der Waals surface area contributed by atoms with E-state index in [1.54, 1.807) is 24.3 Å². The summed E-state index contributed by atoms with van der Waals surface area (Å²) >= 11 is 0. The molecule has 4 heteroatoms. The minimum Gasteiger partial charge on any atom is -0.398 e. The summed E-state index contributed by atoms with van der Waals surface area (Å²) in [6, 6.07) is 6.95. The molecule has 1 rings (SSSR count). The minimum atomic E-state index is -0.0370. The highest BCUT2D eigenvalue weighted by atomic mass is 16.7. The van der Waals surface area contributed by atoms with Crippen molar-refractivity contribution in [3.63, 3.8) is 0 Å². The van der Waals surface area contributed by atoms with E-state index in [0.717, 1.165) is 19.5 Å². The number of rotatable bonds is 5. The Hall–Kier alpha value is -1.39. The Morgan fingerprint density at radius 3 is 2.12 bits per heavy atom. The van der Waals surface area contributed by atoms with Gasteiger partial charge in [0.25, 0.3) is 0 Å². The number of benzene rings is 1. The molecule has 0 radical (unpaired) electrons. The SMILES string of the molecule is CCOC(C)OCC.Nc1ccccc1C=O. The number of anilines is 1. The number of carbonyl (C=O) groups excluding carboxylic acids is 1. The van der Waals surface area contributed by atoms with Crippen LogP contribution in [0, 0.1) is 0 Å². The van der Waals surface area contributed by atoms with Gasteiger partial charge in [0.05, 0.1) is 0 Å². The second-order valence-corrected chi connectivity index (χ2v) is 3.23. The van der Waals surface area contributed by atoms with Crippen LogP contribution in [0.2, 0.25) is 0 Å². The van der Waals surface area contributed by atoms with Crippen LogP contribution in [-0.4, -0.2) is 25.8 Å². The van der Waals surface area contributed by atoms with Crippen LogP contribution in [0.4, 0.5) is 5.69 Å². The van der Waals surface area contributed by atoms with Gasteiger partial charge < -0.3 is 15.2 Å². The Bertz CT molecular complexity index is 309. The summed E-state index contributed by atoms with van der Waals surface area (Å²) in [5.41, 5.74) is 6.49. The lowest BCUT2D eigenvalue weighted by atomic mass is 10.2. The van der Waals surface area contributed by atoms with Crippen LogP contribution in [0.1, 0.15) is 31.1 Å². The van der Waals surface area contributed by atoms with Crippen LogP contribution >= 0.6 is 0 Å². The number of para-hydroxylation sites is 1. The summed E-state index contributed by atoms with van der Waals surface area (Å²) in [4.78, 5) is 10.1. The quantitative estimate of drug-likeness (QED) is 0.487. The van der Waals surface area contributed by atoms with Crippen molar-refractivity contribution in [1.29, 1.82) is 0 Å². The molecule has 0 fully saturated rings. The fourth-order valence-electron chi connectivity index (χ4n) is 1.14. The zero-order valence-corrected chi connectivity index (χ0v) is 10.7. The maximum absolute atomic E-state index is 10.1. The number of hydrogen-bond donors (Lipinski definition) is 1. The second-order valence-electron chi connectivity index (χ2n) is 3.23. The first-order chi connectivity index (χ1) is 8.15. The van der Waals surface area contributed by atoms with Crippen molar-refractivity contribution in [2.75, 3.05) is 18.9 Å². The summed E-state index contributed by atoms with van der Waals surface area (Å²) < 4.78 is 10.1. The first-order valence-electron chi connectivity index (χ1n) is 5.68. The fraction of sp³-hybridized carbons (Fsp3) is 0.462. The standard InChI is InChI=1S/C7H7NO.C6H14O2/c8-7-4-2-1-3-6(7)5-9;1-4-7-6(3)8-5-2/h1-5H,8H2;6H,4-5H2,1-3H3. The van der Waals surface area contributed by atoms with Gasteiger partial charge in [-0.05, 0) is 32.9 Å². The normalized spacial score (nSPS) is 9.65. The summed E-state index contributed by atoms with van der Waals surface area (Å²) in [6.45, 7) is 7.25. The van der Waals surface area contributed by atoms with Crippen LogP contribution in [-0.2, 0) is 9.47 Å². The molecular formula is C13H21NO3. The average Bonchev–Trinajstić information content (AvgIpc) is 2.31. The molecule has 0 spiro atoms. The Labute approximate surface area is 103 Å². The number of ether oxygens (including phenoxy) is 2. The van der Waals surface area contributed by atoms with Gasteiger partial charge in [-0.25, -0.2) is 0 Å². The van der Waals surface area contributed by atoms with E-state index >= 15 is 0 Å². The summed E-state index contributed by atoms with van der Waals surface area (Å²) in [5, 5.41) is 0. The third kappa shape index (κ3) is 7.49. The first kappa shape index (κ1) is 15.6. The smallest absolute Gasteiger partial charge is 0.154 e. The van der Waals surface area contributed by atoms with E-state index in [1.807, 2.05) is 20.8 Å². The molecule has 0 aliphatic carbocycles. The van der Waals surface area contributed by atoms with E-state index in [4.69, 9.17) is 15.2 Å². The Morgan fingerprint density at radius 2 is 1.76 bits per heavy atom. The number of aldehydes is 1. The van der Waals surface area contributed by atoms with Gasteiger partial charge in [-0.3, -0.25) is 4.79 Å². The molecule has 0 saturated carbocycles. The maximum atomic E-state index is 10.1. The van der Waals surface area contributed by atoms with Gasteiger partial charge in [0.1, 0.15) is 0 Å². The zero-order chi connectivity index (χ0) is 13.1. The number of nitrogen functional groups attached to an aromatic ring is 1. The van der Waals surface area contributed by atoms with Crippen molar-refractivity contribution in [3.8, 4) is 0 Å². The molecule has 4 nitrogen and oxygen atoms in total. The molecule has 0 saturated heterocycles. The van der Waals surface area contributed by atoms with E-state index in [0.29, 0.717) is 11.3 Å². The average molecular weight is 239 g/mol. The van der Waals surface area contributed by atoms with Crippen LogP contribution in [0.5, 0.6) is 0 Å². The predicted octanol–water partition coefficient (Wildman–Crippen LogP) is 2.49. The maximum Gasteiger partial charge on any atom is 0.154 e. The third-order valence-electron chi connectivity index (χ3n) is 1.93. The highest BCUT2D eigenvalue weighted by Gasteiger charge is 1.94. The summed E-state index contributed by atoms with van der Waals surface area (Å²) in [6.07, 6.45) is 0.708. The third-order valence-corrected chi connectivity index (χ3v) is 1.93. The topological polar surface area (TPSA) is 61.6 Å². The minimum absolute atomic E-state index is 0.0370. The van der Waals surface area contributed by atoms with Gasteiger partial charge in [-0.2, -0.15) is 0 Å². The van der Waals surface area contributed by atoms with Crippen molar-refractivity contribution in [3.05, 3.63) is 29.8 Å². The largest absolute Gasteiger partial charge is 0.398 e. The van der Waals surface area contributed by atoms with E-state index in [9.17, 15) is 4.79 Å². The van der Waals surface area contributed by atoms with E-state index in [2.05, 4.69) is 0 Å². The first-order valence-corrected chi connectivity index (χ1v) is 5.68. The van der Waals surface area contributed by atoms with Gasteiger partial charge in [0.2, 0.25) is 0 Å². The van der Waals surface area contributed by atoms with Gasteiger partial charge in [-0.1, -0.05) is 12.1 Å². The van der Waals surface area contributed by atoms with Gasteiger partial charge in [0, 0.05) is 24.5 Å². The molecular weight excluding hydrogens is 218 g/mol. The summed E-state index contributed by atoms with van der Waals surface area (Å²) in [5.74, 6) is 0. The molecule has 1 aromatic carbocycles. The lowest BCUT2D eigenvalue weighted by Crippen LogP contribution is -2.11. The molecule has 1 aromatic rings. The molecule has 0 amide bonds. The number of nitrogens with two attached hydrogens (primary N) is 1. The Morgan fingerprint density at radius 1 is 1.24 bits per heavy atom. The molecule has 0 bridgehead atoms. The molecule has 0 aromatic heterocycles. The lowest BCUT2D eigenvalue weighted by Gasteiger charge is -2.09. The Balaban J connectivity index is 0.000000304. The van der Waals surface area contributed by atoms with Gasteiger partial charge >= 0.3 is 0 Å². The van der Waals surface area contributed by atoms with Gasteiger partial charge in [0.15, 0.2) is 12.6 Å². The van der Waals surface area contributed by atoms with Crippen molar-refractivity contribution >= 4 is 12.0 Å². The molecule has 17 heavy (non-hydrogen) atoms. The van der Waals surface area contributed by atoms with Crippen LogP contribution < -0.4 is 5.73 Å². The van der Waals surface area contributed by atoms with Crippen molar-refractivity contribution < 1.29 is 14.3 Å². The van der Waals surface area contributed by atoms with Crippen molar-refractivity contribution in [2.24, 2.45) is 0 Å². The number of hydrogen-bond acceptors (Lipinski definition) is 4. The lowest BCUT2D eigenvalue weighted by molar-refractivity contribution is -0.123. The molecule has 0 heterocycles. The zero-order valence-electron chi connectivity index (χ0n) is 10.7. The predicted molar refractivity (Wildman–Crippen MR) is 69.0 cm³/mol. The molecule has 96 valence electrons. The molecule has 0 unspecified atom stereocenters. The van der Waals surface area contributed by atoms with E-state index in [-0.39, 0.29) is 6.29 Å². The van der Waals surface area contributed by atoms with E-state index in [1.165, 1.54) is 0 Å². The molecule has 0 atom stereocenters. The summed E-state index contributed by atoms with van der Waals surface area (Å²) in [7, 11) is 0. The molecule has 0 aliphatic rings. The van der Waals surface area contributed by atoms with Crippen LogP contribution in [0.3, 0.4) is 0 Å². The highest BCUT2D eigenvalue weighted by Crippen LogP contribution is 2.05.